The van der Waals surface area contributed by atoms with Crippen LogP contribution in [0.3, 0.4) is 0 Å². The summed E-state index contributed by atoms with van der Waals surface area (Å²) in [7, 11) is 0. The predicted octanol–water partition coefficient (Wildman–Crippen LogP) is 2.99. The molecule has 2 amide bonds. The molecule has 158 valence electrons. The van der Waals surface area contributed by atoms with Gasteiger partial charge in [0.25, 0.3) is 0 Å². The van der Waals surface area contributed by atoms with E-state index in [4.69, 9.17) is 4.52 Å². The van der Waals surface area contributed by atoms with Crippen molar-refractivity contribution in [1.29, 1.82) is 0 Å². The van der Waals surface area contributed by atoms with E-state index in [-0.39, 0.29) is 23.7 Å². The van der Waals surface area contributed by atoms with Gasteiger partial charge in [0, 0.05) is 25.3 Å². The highest BCUT2D eigenvalue weighted by atomic mass is 16.5. The van der Waals surface area contributed by atoms with Crippen molar-refractivity contribution in [3.63, 3.8) is 0 Å². The first-order valence-corrected chi connectivity index (χ1v) is 11.4. The zero-order valence-electron chi connectivity index (χ0n) is 17.3. The largest absolute Gasteiger partial charge is 0.355 e. The van der Waals surface area contributed by atoms with Crippen LogP contribution in [-0.4, -0.2) is 28.5 Å². The van der Waals surface area contributed by atoms with E-state index in [0.717, 1.165) is 62.7 Å². The Morgan fingerprint density at radius 2 is 1.69 bits per heavy atom. The molecule has 5 fully saturated rings. The van der Waals surface area contributed by atoms with Gasteiger partial charge in [-0.15, -0.1) is 0 Å². The van der Waals surface area contributed by atoms with E-state index in [2.05, 4.69) is 20.8 Å². The molecule has 0 atom stereocenters. The molecule has 0 spiro atoms. The molecule has 5 aliphatic rings. The molecule has 0 aliphatic heterocycles. The second kappa shape index (κ2) is 7.10. The molecule has 6 rings (SSSR count). The maximum Gasteiger partial charge on any atom is 0.226 e. The third kappa shape index (κ3) is 3.46. The Labute approximate surface area is 171 Å². The average Bonchev–Trinajstić information content (AvgIpc) is 3.30. The molecule has 0 unspecified atom stereocenters. The number of nitrogens with one attached hydrogen (secondary N) is 2. The molecule has 4 bridgehead atoms. The van der Waals surface area contributed by atoms with Crippen LogP contribution in [0.1, 0.15) is 82.3 Å². The third-order valence-electron chi connectivity index (χ3n) is 7.95. The van der Waals surface area contributed by atoms with Gasteiger partial charge in [0.15, 0.2) is 5.82 Å². The van der Waals surface area contributed by atoms with Crippen LogP contribution < -0.4 is 10.6 Å². The van der Waals surface area contributed by atoms with Gasteiger partial charge in [-0.3, -0.25) is 9.59 Å². The van der Waals surface area contributed by atoms with Crippen molar-refractivity contribution in [1.82, 2.24) is 20.8 Å². The highest BCUT2D eigenvalue weighted by Crippen LogP contribution is 2.60. The summed E-state index contributed by atoms with van der Waals surface area (Å²) < 4.78 is 5.14. The Kier molecular flexibility index (Phi) is 4.67. The van der Waals surface area contributed by atoms with Crippen molar-refractivity contribution in [3.05, 3.63) is 11.7 Å². The van der Waals surface area contributed by atoms with E-state index < -0.39 is 5.54 Å². The number of hydrogen-bond donors (Lipinski definition) is 2. The maximum atomic E-state index is 13.0. The van der Waals surface area contributed by atoms with Gasteiger partial charge in [-0.05, 0) is 69.1 Å². The quantitative estimate of drug-likeness (QED) is 0.765. The fraction of sp³-hybridized carbons (Fsp3) is 0.818. The van der Waals surface area contributed by atoms with Crippen LogP contribution in [0, 0.1) is 30.1 Å². The molecule has 1 aromatic rings. The van der Waals surface area contributed by atoms with E-state index in [1.54, 1.807) is 6.92 Å². The van der Waals surface area contributed by atoms with Gasteiger partial charge < -0.3 is 15.2 Å². The van der Waals surface area contributed by atoms with Crippen LogP contribution in [0.4, 0.5) is 0 Å². The molecule has 2 N–H and O–H groups in total. The number of aromatic nitrogens is 2. The number of hydrogen-bond acceptors (Lipinski definition) is 5. The van der Waals surface area contributed by atoms with E-state index in [1.807, 2.05) is 0 Å². The second-order valence-corrected chi connectivity index (χ2v) is 10.2. The van der Waals surface area contributed by atoms with Crippen LogP contribution in [-0.2, 0) is 15.1 Å². The molecule has 1 aromatic heterocycles. The van der Waals surface area contributed by atoms with Gasteiger partial charge in [-0.1, -0.05) is 18.0 Å². The highest BCUT2D eigenvalue weighted by Gasteiger charge is 2.54. The minimum atomic E-state index is -0.515. The molecule has 0 aromatic carbocycles. The first-order valence-electron chi connectivity index (χ1n) is 11.4. The molecule has 7 nitrogen and oxygen atoms in total. The highest BCUT2D eigenvalue weighted by molar-refractivity contribution is 5.84. The van der Waals surface area contributed by atoms with E-state index in [9.17, 15) is 9.59 Å². The number of amides is 2. The number of nitrogens with zero attached hydrogens (tertiary/aromatic N) is 2. The van der Waals surface area contributed by atoms with Gasteiger partial charge in [0.1, 0.15) is 5.54 Å². The molecule has 1 heterocycles. The van der Waals surface area contributed by atoms with Crippen LogP contribution in [0.25, 0.3) is 0 Å². The summed E-state index contributed by atoms with van der Waals surface area (Å²) in [5, 5.41) is 10.3. The lowest BCUT2D eigenvalue weighted by atomic mass is 9.49. The van der Waals surface area contributed by atoms with E-state index in [0.29, 0.717) is 18.3 Å². The molecule has 5 saturated carbocycles. The lowest BCUT2D eigenvalue weighted by Crippen LogP contribution is -2.54. The first-order chi connectivity index (χ1) is 14.0. The van der Waals surface area contributed by atoms with Gasteiger partial charge in [-0.2, -0.15) is 4.98 Å². The summed E-state index contributed by atoms with van der Waals surface area (Å²) in [5.41, 5.74) is -0.668. The second-order valence-electron chi connectivity index (χ2n) is 10.2. The standard InChI is InChI=1S/C22H32N4O3/c1-14-24-19(26-29-14)22(5-2-3-6-22)25-18(27)4-7-23-20(28)21-11-15-8-16(12-21)10-17(9-15)13-21/h15-17H,2-13H2,1H3,(H,23,28)(H,25,27). The maximum absolute atomic E-state index is 13.0. The van der Waals surface area contributed by atoms with Crippen molar-refractivity contribution in [3.8, 4) is 0 Å². The average molecular weight is 401 g/mol. The zero-order valence-corrected chi connectivity index (χ0v) is 17.3. The van der Waals surface area contributed by atoms with Crippen LogP contribution in [0.2, 0.25) is 0 Å². The zero-order chi connectivity index (χ0) is 20.1. The summed E-state index contributed by atoms with van der Waals surface area (Å²) in [4.78, 5) is 30.1. The number of aryl methyl sites for hydroxylation is 1. The van der Waals surface area contributed by atoms with Crippen molar-refractivity contribution in [2.75, 3.05) is 6.54 Å². The molecular formula is C22H32N4O3. The fourth-order valence-corrected chi connectivity index (χ4v) is 7.07. The lowest BCUT2D eigenvalue weighted by Gasteiger charge is -2.55. The topological polar surface area (TPSA) is 97.1 Å². The normalized spacial score (nSPS) is 34.3. The minimum absolute atomic E-state index is 0.0554. The first kappa shape index (κ1) is 19.1. The van der Waals surface area contributed by atoms with Gasteiger partial charge in [0.05, 0.1) is 0 Å². The monoisotopic (exact) mass is 400 g/mol. The third-order valence-corrected chi connectivity index (χ3v) is 7.95. The predicted molar refractivity (Wildman–Crippen MR) is 106 cm³/mol. The summed E-state index contributed by atoms with van der Waals surface area (Å²) in [5.74, 6) is 3.47. The molecule has 29 heavy (non-hydrogen) atoms. The fourth-order valence-electron chi connectivity index (χ4n) is 7.07. The smallest absolute Gasteiger partial charge is 0.226 e. The lowest BCUT2D eigenvalue weighted by molar-refractivity contribution is -0.146. The summed E-state index contributed by atoms with van der Waals surface area (Å²) in [6.07, 6.45) is 11.2. The van der Waals surface area contributed by atoms with E-state index in [1.165, 1.54) is 19.3 Å². The molecule has 5 aliphatic carbocycles. The Morgan fingerprint density at radius 1 is 1.07 bits per heavy atom. The van der Waals surface area contributed by atoms with Crippen LogP contribution in [0.5, 0.6) is 0 Å². The van der Waals surface area contributed by atoms with Gasteiger partial charge in [-0.25, -0.2) is 0 Å². The van der Waals surface area contributed by atoms with Gasteiger partial charge >= 0.3 is 0 Å². The minimum Gasteiger partial charge on any atom is -0.355 e. The Hall–Kier alpha value is -1.92. The number of carbonyl (C=O) groups is 2. The molecule has 0 radical (unpaired) electrons. The Bertz CT molecular complexity index is 760. The van der Waals surface area contributed by atoms with Crippen molar-refractivity contribution < 1.29 is 14.1 Å². The summed E-state index contributed by atoms with van der Waals surface area (Å²) >= 11 is 0. The van der Waals surface area contributed by atoms with Crippen molar-refractivity contribution in [2.45, 2.75) is 83.1 Å². The van der Waals surface area contributed by atoms with Gasteiger partial charge in [0.2, 0.25) is 17.7 Å². The number of rotatable bonds is 6. The number of carbonyl (C=O) groups excluding carboxylic acids is 2. The van der Waals surface area contributed by atoms with Crippen LogP contribution in [0.15, 0.2) is 4.52 Å². The molecule has 7 heteroatoms. The molecule has 0 saturated heterocycles. The molecular weight excluding hydrogens is 368 g/mol. The Balaban J connectivity index is 1.16. The Morgan fingerprint density at radius 3 is 2.24 bits per heavy atom. The van der Waals surface area contributed by atoms with Crippen LogP contribution >= 0.6 is 0 Å². The van der Waals surface area contributed by atoms with Crippen molar-refractivity contribution in [2.24, 2.45) is 23.2 Å². The van der Waals surface area contributed by atoms with Crippen molar-refractivity contribution >= 4 is 11.8 Å². The summed E-state index contributed by atoms with van der Waals surface area (Å²) in [6, 6.07) is 0. The SMILES string of the molecule is Cc1nc(C2(NC(=O)CCNC(=O)C34CC5CC(CC(C5)C3)C4)CCCC2)no1. The summed E-state index contributed by atoms with van der Waals surface area (Å²) in [6.45, 7) is 2.16. The van der Waals surface area contributed by atoms with E-state index >= 15 is 0 Å².